The Morgan fingerprint density at radius 3 is 1.28 bits per heavy atom. The molecule has 1 nitrogen and oxygen atoms in total. The number of anilines is 3. The van der Waals surface area contributed by atoms with Crippen molar-refractivity contribution in [2.75, 3.05) is 4.90 Å². The summed E-state index contributed by atoms with van der Waals surface area (Å²) in [6.45, 7) is 0. The van der Waals surface area contributed by atoms with Gasteiger partial charge >= 0.3 is 0 Å². The number of fused-ring (bicyclic) bond motifs is 1. The minimum atomic E-state index is -0.624. The Labute approximate surface area is 324 Å². The molecule has 0 bridgehead atoms. The zero-order chi connectivity index (χ0) is 43.2. The van der Waals surface area contributed by atoms with Gasteiger partial charge in [0, 0.05) is 17.1 Å². The Morgan fingerprint density at radius 2 is 0.698 bits per heavy atom. The van der Waals surface area contributed by atoms with Crippen LogP contribution < -0.4 is 4.90 Å². The zero-order valence-electron chi connectivity index (χ0n) is 37.6. The molecule has 250 valence electrons. The van der Waals surface area contributed by atoms with Crippen LogP contribution in [0, 0.1) is 0 Å². The van der Waals surface area contributed by atoms with Gasteiger partial charge in [0.05, 0.1) is 12.3 Å². The van der Waals surface area contributed by atoms with Crippen LogP contribution in [-0.2, 0) is 0 Å². The van der Waals surface area contributed by atoms with Crippen LogP contribution in [0.2, 0.25) is 0 Å². The average molecular weight is 685 g/mol. The van der Waals surface area contributed by atoms with Crippen molar-refractivity contribution >= 4 is 27.8 Å². The average Bonchev–Trinajstić information content (AvgIpc) is 3.32. The lowest BCUT2D eigenvalue weighted by molar-refractivity contribution is 1.28. The molecule has 0 aliphatic heterocycles. The minimum Gasteiger partial charge on any atom is -0.311 e. The Morgan fingerprint density at radius 1 is 0.264 bits per heavy atom. The third-order valence-corrected chi connectivity index (χ3v) is 9.42. The van der Waals surface area contributed by atoms with Crippen molar-refractivity contribution in [2.45, 2.75) is 0 Å². The van der Waals surface area contributed by atoms with E-state index < -0.39 is 54.4 Å². The highest BCUT2D eigenvalue weighted by atomic mass is 15.1. The van der Waals surface area contributed by atoms with Gasteiger partial charge in [0.1, 0.15) is 0 Å². The fraction of sp³-hybridized carbons (Fsp3) is 0. The SMILES string of the molecule is [2H]c1c([2H])c([2H])c(-c2c([2H])c([2H])c(N(c3ccc(-c4cccc(-c5ccccc5)c4)cc3)c3ccc(-c4cccc(-c5ccc6ccccc6c5)c4)cc3)c([2H])c2[2H])c([2H])c1[2H]. The van der Waals surface area contributed by atoms with Crippen LogP contribution in [0.4, 0.5) is 17.1 Å². The molecule has 0 fully saturated rings. The summed E-state index contributed by atoms with van der Waals surface area (Å²) in [6.07, 6.45) is 0. The smallest absolute Gasteiger partial charge is 0.0645 e. The van der Waals surface area contributed by atoms with E-state index in [1.807, 2.05) is 103 Å². The maximum absolute atomic E-state index is 9.37. The minimum absolute atomic E-state index is 0.0546. The summed E-state index contributed by atoms with van der Waals surface area (Å²) < 4.78 is 78.8. The van der Waals surface area contributed by atoms with Gasteiger partial charge in [0.25, 0.3) is 0 Å². The number of nitrogens with zero attached hydrogens (tertiary/aromatic N) is 1. The standard InChI is InChI=1S/C52H37N/c1-3-11-38(12-4-1)41-23-29-50(30-24-41)53(51-31-25-42(26-32-51)46-18-9-17-45(35-46)39-13-5-2-6-14-39)52-33-27-43(28-34-52)47-19-10-20-48(36-47)49-22-21-40-15-7-8-16-44(40)37-49/h1-37H/i1D,3D,4D,11D,12D,23D,24D,29D,30D. The molecule has 9 rings (SSSR count). The van der Waals surface area contributed by atoms with Gasteiger partial charge in [-0.05, 0) is 121 Å². The molecule has 0 aliphatic carbocycles. The lowest BCUT2D eigenvalue weighted by Crippen LogP contribution is -2.09. The summed E-state index contributed by atoms with van der Waals surface area (Å²) >= 11 is 0. The maximum atomic E-state index is 9.37. The summed E-state index contributed by atoms with van der Waals surface area (Å²) in [5.41, 5.74) is 8.50. The van der Waals surface area contributed by atoms with E-state index in [1.165, 1.54) is 5.39 Å². The molecule has 0 amide bonds. The van der Waals surface area contributed by atoms with Gasteiger partial charge in [-0.3, -0.25) is 0 Å². The van der Waals surface area contributed by atoms with E-state index in [0.717, 1.165) is 49.9 Å². The van der Waals surface area contributed by atoms with Crippen molar-refractivity contribution in [2.24, 2.45) is 0 Å². The van der Waals surface area contributed by atoms with E-state index in [2.05, 4.69) is 66.7 Å². The highest BCUT2D eigenvalue weighted by Crippen LogP contribution is 2.38. The Balaban J connectivity index is 1.15. The lowest BCUT2D eigenvalue weighted by Gasteiger charge is -2.26. The van der Waals surface area contributed by atoms with E-state index in [-0.39, 0.29) is 16.8 Å². The van der Waals surface area contributed by atoms with Crippen LogP contribution >= 0.6 is 0 Å². The largest absolute Gasteiger partial charge is 0.311 e. The van der Waals surface area contributed by atoms with Crippen LogP contribution in [0.5, 0.6) is 0 Å². The summed E-state index contributed by atoms with van der Waals surface area (Å²) in [7, 11) is 0. The third-order valence-electron chi connectivity index (χ3n) is 9.42. The van der Waals surface area contributed by atoms with Crippen LogP contribution in [0.3, 0.4) is 0 Å². The van der Waals surface area contributed by atoms with Crippen molar-refractivity contribution in [3.8, 4) is 55.6 Å². The summed E-state index contributed by atoms with van der Waals surface area (Å²) in [6, 6.07) is 51.7. The highest BCUT2D eigenvalue weighted by Gasteiger charge is 2.14. The van der Waals surface area contributed by atoms with Gasteiger partial charge < -0.3 is 4.90 Å². The van der Waals surface area contributed by atoms with Crippen LogP contribution in [0.15, 0.2) is 224 Å². The molecule has 0 heterocycles. The fourth-order valence-electron chi connectivity index (χ4n) is 6.69. The van der Waals surface area contributed by atoms with E-state index in [4.69, 9.17) is 6.85 Å². The van der Waals surface area contributed by atoms with E-state index in [0.29, 0.717) is 11.4 Å². The van der Waals surface area contributed by atoms with Gasteiger partial charge in [-0.15, -0.1) is 0 Å². The van der Waals surface area contributed by atoms with Gasteiger partial charge in [0.15, 0.2) is 0 Å². The van der Waals surface area contributed by atoms with Crippen LogP contribution in [0.1, 0.15) is 12.3 Å². The van der Waals surface area contributed by atoms with Crippen LogP contribution in [0.25, 0.3) is 66.4 Å². The van der Waals surface area contributed by atoms with E-state index in [9.17, 15) is 5.48 Å². The first kappa shape index (κ1) is 23.5. The normalized spacial score (nSPS) is 13.4. The number of hydrogen-bond acceptors (Lipinski definition) is 1. The van der Waals surface area contributed by atoms with Gasteiger partial charge in [-0.25, -0.2) is 0 Å². The monoisotopic (exact) mass is 684 g/mol. The molecule has 0 N–H and O–H groups in total. The number of hydrogen-bond donors (Lipinski definition) is 0. The molecule has 0 saturated heterocycles. The Hall–Kier alpha value is -6.96. The maximum Gasteiger partial charge on any atom is 0.0645 e. The zero-order valence-corrected chi connectivity index (χ0v) is 28.6. The second-order valence-corrected chi connectivity index (χ2v) is 12.7. The number of benzene rings is 9. The topological polar surface area (TPSA) is 3.24 Å². The lowest BCUT2D eigenvalue weighted by atomic mass is 9.97. The second-order valence-electron chi connectivity index (χ2n) is 12.7. The number of rotatable bonds is 8. The summed E-state index contributed by atoms with van der Waals surface area (Å²) in [5, 5.41) is 2.33. The first-order valence-corrected chi connectivity index (χ1v) is 17.4. The molecule has 0 aromatic heterocycles. The van der Waals surface area contributed by atoms with Crippen molar-refractivity contribution in [1.29, 1.82) is 0 Å². The first-order chi connectivity index (χ1) is 30.0. The molecular weight excluding hydrogens is 639 g/mol. The molecule has 9 aromatic rings. The predicted molar refractivity (Wildman–Crippen MR) is 226 cm³/mol. The Kier molecular flexibility index (Phi) is 6.36. The molecule has 0 saturated carbocycles. The molecule has 9 aromatic carbocycles. The molecule has 53 heavy (non-hydrogen) atoms. The summed E-state index contributed by atoms with van der Waals surface area (Å²) in [4.78, 5) is 1.67. The second kappa shape index (κ2) is 14.3. The van der Waals surface area contributed by atoms with Crippen molar-refractivity contribution in [1.82, 2.24) is 0 Å². The molecule has 0 aliphatic rings. The summed E-state index contributed by atoms with van der Waals surface area (Å²) in [5.74, 6) is 0. The van der Waals surface area contributed by atoms with Gasteiger partial charge in [-0.2, -0.15) is 0 Å². The molecule has 0 atom stereocenters. The van der Waals surface area contributed by atoms with Crippen molar-refractivity contribution in [3.05, 3.63) is 224 Å². The molecule has 1 heteroatoms. The fourth-order valence-corrected chi connectivity index (χ4v) is 6.69. The van der Waals surface area contributed by atoms with E-state index in [1.54, 1.807) is 4.90 Å². The van der Waals surface area contributed by atoms with Crippen LogP contribution in [-0.4, -0.2) is 0 Å². The van der Waals surface area contributed by atoms with Crippen molar-refractivity contribution < 1.29 is 12.3 Å². The highest BCUT2D eigenvalue weighted by molar-refractivity contribution is 5.88. The predicted octanol–water partition coefficient (Wildman–Crippen LogP) is 14.6. The first-order valence-electron chi connectivity index (χ1n) is 21.9. The molecule has 0 radical (unpaired) electrons. The van der Waals surface area contributed by atoms with E-state index >= 15 is 0 Å². The third kappa shape index (κ3) is 6.77. The Bertz CT molecular complexity index is 3110. The quantitative estimate of drug-likeness (QED) is 0.154. The van der Waals surface area contributed by atoms with Gasteiger partial charge in [-0.1, -0.05) is 170 Å². The van der Waals surface area contributed by atoms with Gasteiger partial charge in [0.2, 0.25) is 0 Å². The molecule has 0 spiro atoms. The molecule has 0 unspecified atom stereocenters. The molecular formula is C52H37N. The van der Waals surface area contributed by atoms with Crippen molar-refractivity contribution in [3.63, 3.8) is 0 Å².